The molecule has 3 heteroatoms. The molecule has 0 N–H and O–H groups in total. The summed E-state index contributed by atoms with van der Waals surface area (Å²) in [6.07, 6.45) is 3.09. The molecule has 0 fully saturated rings. The number of rotatable bonds is 6. The molecule has 0 aromatic heterocycles. The standard InChI is InChI=1S/C14H15ClO2/c1-4-5-11-6-13(15)7-12(8-16)14(11)17-9-10(2)3/h4,6-8H,1-2,5,9H2,3H3. The molecule has 0 unspecified atom stereocenters. The molecule has 1 aromatic rings. The lowest BCUT2D eigenvalue weighted by molar-refractivity contribution is 0.111. The Morgan fingerprint density at radius 2 is 2.24 bits per heavy atom. The van der Waals surface area contributed by atoms with Gasteiger partial charge in [-0.3, -0.25) is 4.79 Å². The van der Waals surface area contributed by atoms with Gasteiger partial charge in [-0.15, -0.1) is 6.58 Å². The number of carbonyl (C=O) groups is 1. The quantitative estimate of drug-likeness (QED) is 0.567. The van der Waals surface area contributed by atoms with Crippen LogP contribution in [0, 0.1) is 0 Å². The van der Waals surface area contributed by atoms with Gasteiger partial charge in [-0.05, 0) is 31.1 Å². The zero-order chi connectivity index (χ0) is 12.8. The Hall–Kier alpha value is -1.54. The van der Waals surface area contributed by atoms with Crippen LogP contribution in [0.15, 0.2) is 36.9 Å². The number of benzene rings is 1. The largest absolute Gasteiger partial charge is 0.488 e. The van der Waals surface area contributed by atoms with E-state index < -0.39 is 0 Å². The molecule has 0 heterocycles. The Morgan fingerprint density at radius 1 is 1.53 bits per heavy atom. The summed E-state index contributed by atoms with van der Waals surface area (Å²) >= 11 is 5.93. The summed E-state index contributed by atoms with van der Waals surface area (Å²) in [6, 6.07) is 3.37. The van der Waals surface area contributed by atoms with Crippen molar-refractivity contribution in [1.82, 2.24) is 0 Å². The highest BCUT2D eigenvalue weighted by Gasteiger charge is 2.10. The predicted molar refractivity (Wildman–Crippen MR) is 71.0 cm³/mol. The van der Waals surface area contributed by atoms with Crippen LogP contribution in [0.1, 0.15) is 22.8 Å². The minimum atomic E-state index is 0.382. The van der Waals surface area contributed by atoms with E-state index in [0.29, 0.717) is 29.4 Å². The van der Waals surface area contributed by atoms with Crippen molar-refractivity contribution in [2.24, 2.45) is 0 Å². The molecule has 0 aliphatic heterocycles. The lowest BCUT2D eigenvalue weighted by atomic mass is 10.1. The number of carbonyl (C=O) groups excluding carboxylic acids is 1. The first-order valence-corrected chi connectivity index (χ1v) is 5.62. The summed E-state index contributed by atoms with van der Waals surface area (Å²) in [5.41, 5.74) is 2.20. The molecule has 0 saturated heterocycles. The third-order valence-electron chi connectivity index (χ3n) is 2.11. The first-order chi connectivity index (χ1) is 8.08. The average molecular weight is 251 g/mol. The summed E-state index contributed by atoms with van der Waals surface area (Å²) < 4.78 is 5.59. The SMILES string of the molecule is C=CCc1cc(Cl)cc(C=O)c1OCC(=C)C. The second-order valence-corrected chi connectivity index (χ2v) is 4.28. The molecule has 0 saturated carbocycles. The van der Waals surface area contributed by atoms with Crippen LogP contribution < -0.4 is 4.74 Å². The minimum Gasteiger partial charge on any atom is -0.488 e. The molecular formula is C14H15ClO2. The molecule has 1 aromatic carbocycles. The Bertz CT molecular complexity index is 450. The van der Waals surface area contributed by atoms with Crippen molar-refractivity contribution in [3.05, 3.63) is 53.1 Å². The fraction of sp³-hybridized carbons (Fsp3) is 0.214. The summed E-state index contributed by atoms with van der Waals surface area (Å²) in [4.78, 5) is 11.0. The maximum atomic E-state index is 11.0. The molecule has 90 valence electrons. The summed E-state index contributed by atoms with van der Waals surface area (Å²) in [5.74, 6) is 0.562. The van der Waals surface area contributed by atoms with Crippen LogP contribution >= 0.6 is 11.6 Å². The van der Waals surface area contributed by atoms with Crippen molar-refractivity contribution in [3.8, 4) is 5.75 Å². The first-order valence-electron chi connectivity index (χ1n) is 5.24. The maximum absolute atomic E-state index is 11.0. The zero-order valence-corrected chi connectivity index (χ0v) is 10.6. The van der Waals surface area contributed by atoms with Crippen LogP contribution in [0.25, 0.3) is 0 Å². The molecule has 0 aliphatic rings. The molecule has 2 nitrogen and oxygen atoms in total. The van der Waals surface area contributed by atoms with E-state index in [4.69, 9.17) is 16.3 Å². The van der Waals surface area contributed by atoms with Crippen molar-refractivity contribution in [3.63, 3.8) is 0 Å². The smallest absolute Gasteiger partial charge is 0.153 e. The number of allylic oxidation sites excluding steroid dienone is 1. The number of hydrogen-bond donors (Lipinski definition) is 0. The van der Waals surface area contributed by atoms with E-state index in [1.807, 2.05) is 6.92 Å². The van der Waals surface area contributed by atoms with Crippen LogP contribution in [0.5, 0.6) is 5.75 Å². The van der Waals surface area contributed by atoms with E-state index in [-0.39, 0.29) is 0 Å². The third kappa shape index (κ3) is 3.75. The summed E-state index contributed by atoms with van der Waals surface area (Å²) in [6.45, 7) is 9.68. The van der Waals surface area contributed by atoms with Gasteiger partial charge in [-0.25, -0.2) is 0 Å². The highest BCUT2D eigenvalue weighted by Crippen LogP contribution is 2.28. The fourth-order valence-corrected chi connectivity index (χ4v) is 1.69. The van der Waals surface area contributed by atoms with Gasteiger partial charge in [-0.1, -0.05) is 24.3 Å². The van der Waals surface area contributed by atoms with Gasteiger partial charge < -0.3 is 4.74 Å². The Balaban J connectivity index is 3.15. The summed E-state index contributed by atoms with van der Waals surface area (Å²) in [5, 5.41) is 0.520. The van der Waals surface area contributed by atoms with Crippen molar-refractivity contribution in [2.45, 2.75) is 13.3 Å². The second-order valence-electron chi connectivity index (χ2n) is 3.84. The molecule has 0 radical (unpaired) electrons. The van der Waals surface area contributed by atoms with Gasteiger partial charge in [0, 0.05) is 10.6 Å². The summed E-state index contributed by atoms with van der Waals surface area (Å²) in [7, 11) is 0. The predicted octanol–water partition coefficient (Wildman–Crippen LogP) is 3.84. The molecule has 0 atom stereocenters. The van der Waals surface area contributed by atoms with Crippen molar-refractivity contribution >= 4 is 17.9 Å². The van der Waals surface area contributed by atoms with Crippen LogP contribution in [-0.2, 0) is 6.42 Å². The lowest BCUT2D eigenvalue weighted by Crippen LogP contribution is -2.03. The fourth-order valence-electron chi connectivity index (χ4n) is 1.44. The van der Waals surface area contributed by atoms with Gasteiger partial charge in [0.05, 0.1) is 5.56 Å². The number of halogens is 1. The van der Waals surface area contributed by atoms with Crippen LogP contribution in [-0.4, -0.2) is 12.9 Å². The first kappa shape index (κ1) is 13.5. The molecule has 1 rings (SSSR count). The molecule has 17 heavy (non-hydrogen) atoms. The van der Waals surface area contributed by atoms with Gasteiger partial charge in [0.25, 0.3) is 0 Å². The maximum Gasteiger partial charge on any atom is 0.153 e. The van der Waals surface area contributed by atoms with Crippen molar-refractivity contribution < 1.29 is 9.53 Å². The Kier molecular flexibility index (Phi) is 4.98. The Labute approximate surface area is 107 Å². The topological polar surface area (TPSA) is 26.3 Å². The highest BCUT2D eigenvalue weighted by molar-refractivity contribution is 6.31. The third-order valence-corrected chi connectivity index (χ3v) is 2.33. The van der Waals surface area contributed by atoms with E-state index in [1.165, 1.54) is 0 Å². The van der Waals surface area contributed by atoms with Gasteiger partial charge in [0.15, 0.2) is 6.29 Å². The molecule has 0 aliphatic carbocycles. The Morgan fingerprint density at radius 3 is 2.76 bits per heavy atom. The zero-order valence-electron chi connectivity index (χ0n) is 9.83. The van der Waals surface area contributed by atoms with E-state index in [1.54, 1.807) is 18.2 Å². The lowest BCUT2D eigenvalue weighted by Gasteiger charge is -2.13. The molecule has 0 bridgehead atoms. The van der Waals surface area contributed by atoms with Crippen LogP contribution in [0.3, 0.4) is 0 Å². The van der Waals surface area contributed by atoms with E-state index >= 15 is 0 Å². The van der Waals surface area contributed by atoms with Gasteiger partial charge in [-0.2, -0.15) is 0 Å². The van der Waals surface area contributed by atoms with Gasteiger partial charge >= 0.3 is 0 Å². The average Bonchev–Trinajstić information content (AvgIpc) is 2.27. The molecule has 0 amide bonds. The van der Waals surface area contributed by atoms with Crippen LogP contribution in [0.4, 0.5) is 0 Å². The number of ether oxygens (including phenoxy) is 1. The second kappa shape index (κ2) is 6.26. The van der Waals surface area contributed by atoms with Gasteiger partial charge in [0.1, 0.15) is 12.4 Å². The van der Waals surface area contributed by atoms with Crippen molar-refractivity contribution in [2.75, 3.05) is 6.61 Å². The van der Waals surface area contributed by atoms with Crippen LogP contribution in [0.2, 0.25) is 5.02 Å². The van der Waals surface area contributed by atoms with E-state index in [0.717, 1.165) is 17.4 Å². The molecule has 0 spiro atoms. The number of hydrogen-bond acceptors (Lipinski definition) is 2. The van der Waals surface area contributed by atoms with E-state index in [2.05, 4.69) is 13.2 Å². The van der Waals surface area contributed by atoms with Gasteiger partial charge in [0.2, 0.25) is 0 Å². The van der Waals surface area contributed by atoms with Crippen molar-refractivity contribution in [1.29, 1.82) is 0 Å². The minimum absolute atomic E-state index is 0.382. The molecular weight excluding hydrogens is 236 g/mol. The number of aldehydes is 1. The normalized spacial score (nSPS) is 9.76. The highest BCUT2D eigenvalue weighted by atomic mass is 35.5. The van der Waals surface area contributed by atoms with E-state index in [9.17, 15) is 4.79 Å². The monoisotopic (exact) mass is 250 g/mol.